The van der Waals surface area contributed by atoms with Crippen molar-refractivity contribution in [3.8, 4) is 0 Å². The molecule has 2 amide bonds. The van der Waals surface area contributed by atoms with Crippen molar-refractivity contribution in [1.82, 2.24) is 10.6 Å². The quantitative estimate of drug-likeness (QED) is 0.747. The number of hydrogen-bond acceptors (Lipinski definition) is 3. The lowest BCUT2D eigenvalue weighted by atomic mass is 10.0. The van der Waals surface area contributed by atoms with E-state index < -0.39 is 0 Å². The minimum atomic E-state index is -0.353. The van der Waals surface area contributed by atoms with E-state index >= 15 is 0 Å². The molecule has 0 spiro atoms. The molecule has 1 aliphatic carbocycles. The molecule has 1 aromatic carbocycles. The molecular formula is C16H22BrN3O2. The van der Waals surface area contributed by atoms with Crippen molar-refractivity contribution < 1.29 is 9.59 Å². The van der Waals surface area contributed by atoms with Crippen molar-refractivity contribution >= 4 is 33.4 Å². The molecule has 0 heterocycles. The maximum Gasteiger partial charge on any atom is 0.241 e. The summed E-state index contributed by atoms with van der Waals surface area (Å²) in [7, 11) is 1.65. The van der Waals surface area contributed by atoms with Crippen LogP contribution in [0, 0.1) is 5.92 Å². The van der Waals surface area contributed by atoms with Crippen molar-refractivity contribution in [2.24, 2.45) is 5.92 Å². The van der Waals surface area contributed by atoms with Gasteiger partial charge in [0.05, 0.1) is 12.0 Å². The van der Waals surface area contributed by atoms with Gasteiger partial charge in [-0.05, 0) is 38.0 Å². The Morgan fingerprint density at radius 2 is 2.09 bits per heavy atom. The van der Waals surface area contributed by atoms with Gasteiger partial charge in [0.1, 0.15) is 0 Å². The van der Waals surface area contributed by atoms with E-state index in [2.05, 4.69) is 31.9 Å². The van der Waals surface area contributed by atoms with Crippen LogP contribution in [0.4, 0.5) is 5.69 Å². The van der Waals surface area contributed by atoms with Gasteiger partial charge in [-0.1, -0.05) is 28.4 Å². The van der Waals surface area contributed by atoms with Crippen LogP contribution in [0.5, 0.6) is 0 Å². The molecule has 22 heavy (non-hydrogen) atoms. The summed E-state index contributed by atoms with van der Waals surface area (Å²) in [6.07, 6.45) is 2.81. The van der Waals surface area contributed by atoms with E-state index in [1.54, 1.807) is 7.05 Å². The third-order valence-electron chi connectivity index (χ3n) is 4.05. The maximum atomic E-state index is 12.3. The molecule has 1 aromatic rings. The number of carbonyl (C=O) groups is 2. The van der Waals surface area contributed by atoms with Crippen molar-refractivity contribution in [3.63, 3.8) is 0 Å². The van der Waals surface area contributed by atoms with Gasteiger partial charge in [0, 0.05) is 23.2 Å². The van der Waals surface area contributed by atoms with Gasteiger partial charge >= 0.3 is 0 Å². The Morgan fingerprint density at radius 1 is 1.32 bits per heavy atom. The minimum absolute atomic E-state index is 0.0499. The van der Waals surface area contributed by atoms with Gasteiger partial charge in [-0.25, -0.2) is 0 Å². The van der Waals surface area contributed by atoms with Crippen LogP contribution in [0.3, 0.4) is 0 Å². The standard InChI is InChI=1S/C16H22BrN3O2/c1-10(15(21)20-12-6-3-5-11(17)9-12)19-14-8-4-7-13(14)16(22)18-2/h3,5-6,9-10,13-14,19H,4,7-8H2,1-2H3,(H,18,22)(H,20,21)/t10-,13-,14+/m1/s1. The zero-order chi connectivity index (χ0) is 16.1. The van der Waals surface area contributed by atoms with Gasteiger partial charge in [-0.2, -0.15) is 0 Å². The van der Waals surface area contributed by atoms with Crippen LogP contribution in [-0.2, 0) is 9.59 Å². The summed E-state index contributed by atoms with van der Waals surface area (Å²) in [5, 5.41) is 8.88. The zero-order valence-corrected chi connectivity index (χ0v) is 14.4. The molecule has 1 fully saturated rings. The summed E-state index contributed by atoms with van der Waals surface area (Å²) in [5.41, 5.74) is 0.752. The molecular weight excluding hydrogens is 346 g/mol. The van der Waals surface area contributed by atoms with Gasteiger partial charge in [-0.15, -0.1) is 0 Å². The van der Waals surface area contributed by atoms with E-state index in [1.807, 2.05) is 31.2 Å². The van der Waals surface area contributed by atoms with E-state index in [4.69, 9.17) is 0 Å². The van der Waals surface area contributed by atoms with Gasteiger partial charge in [0.2, 0.25) is 11.8 Å². The van der Waals surface area contributed by atoms with Crippen molar-refractivity contribution in [1.29, 1.82) is 0 Å². The van der Waals surface area contributed by atoms with Crippen LogP contribution in [0.1, 0.15) is 26.2 Å². The lowest BCUT2D eigenvalue weighted by molar-refractivity contribution is -0.125. The number of halogens is 1. The monoisotopic (exact) mass is 367 g/mol. The Hall–Kier alpha value is -1.40. The van der Waals surface area contributed by atoms with E-state index in [9.17, 15) is 9.59 Å². The molecule has 0 aromatic heterocycles. The van der Waals surface area contributed by atoms with Crippen LogP contribution in [0.2, 0.25) is 0 Å². The van der Waals surface area contributed by atoms with Crippen molar-refractivity contribution in [2.45, 2.75) is 38.3 Å². The summed E-state index contributed by atoms with van der Waals surface area (Å²) in [5.74, 6) is -0.0959. The van der Waals surface area contributed by atoms with Gasteiger partial charge < -0.3 is 16.0 Å². The largest absolute Gasteiger partial charge is 0.359 e. The number of carbonyl (C=O) groups excluding carboxylic acids is 2. The molecule has 0 unspecified atom stereocenters. The SMILES string of the molecule is CNC(=O)[C@@H]1CCC[C@@H]1N[C@H](C)C(=O)Nc1cccc(Br)c1. The fourth-order valence-corrected chi connectivity index (χ4v) is 3.27. The Bertz CT molecular complexity index is 550. The Balaban J connectivity index is 1.92. The highest BCUT2D eigenvalue weighted by Crippen LogP contribution is 2.26. The third-order valence-corrected chi connectivity index (χ3v) is 4.54. The second-order valence-corrected chi connectivity index (χ2v) is 6.56. The number of amides is 2. The Kier molecular flexibility index (Phi) is 5.97. The van der Waals surface area contributed by atoms with Crippen LogP contribution in [-0.4, -0.2) is 30.9 Å². The van der Waals surface area contributed by atoms with Gasteiger partial charge in [0.15, 0.2) is 0 Å². The predicted molar refractivity (Wildman–Crippen MR) is 90.6 cm³/mol. The second kappa shape index (κ2) is 7.74. The molecule has 0 bridgehead atoms. The third kappa shape index (κ3) is 4.30. The highest BCUT2D eigenvalue weighted by Gasteiger charge is 2.33. The molecule has 3 atom stereocenters. The zero-order valence-electron chi connectivity index (χ0n) is 12.9. The molecule has 0 saturated heterocycles. The molecule has 1 aliphatic rings. The van der Waals surface area contributed by atoms with Crippen molar-refractivity contribution in [3.05, 3.63) is 28.7 Å². The smallest absolute Gasteiger partial charge is 0.241 e. The Labute approximate surface area is 139 Å². The molecule has 3 N–H and O–H groups in total. The van der Waals surface area contributed by atoms with Crippen LogP contribution in [0.25, 0.3) is 0 Å². The van der Waals surface area contributed by atoms with Crippen LogP contribution >= 0.6 is 15.9 Å². The molecule has 120 valence electrons. The van der Waals surface area contributed by atoms with Crippen LogP contribution in [0.15, 0.2) is 28.7 Å². The summed E-state index contributed by atoms with van der Waals surface area (Å²) >= 11 is 3.38. The number of nitrogens with one attached hydrogen (secondary N) is 3. The highest BCUT2D eigenvalue weighted by atomic mass is 79.9. The molecule has 1 saturated carbocycles. The van der Waals surface area contributed by atoms with Crippen LogP contribution < -0.4 is 16.0 Å². The summed E-state index contributed by atoms with van der Waals surface area (Å²) in [4.78, 5) is 24.1. The summed E-state index contributed by atoms with van der Waals surface area (Å²) in [6.45, 7) is 1.83. The minimum Gasteiger partial charge on any atom is -0.359 e. The lowest BCUT2D eigenvalue weighted by Gasteiger charge is -2.23. The number of anilines is 1. The fraction of sp³-hybridized carbons (Fsp3) is 0.500. The predicted octanol–water partition coefficient (Wildman–Crippen LogP) is 2.28. The van der Waals surface area contributed by atoms with Gasteiger partial charge in [-0.3, -0.25) is 9.59 Å². The molecule has 0 aliphatic heterocycles. The van der Waals surface area contributed by atoms with E-state index in [1.165, 1.54) is 0 Å². The molecule has 0 radical (unpaired) electrons. The fourth-order valence-electron chi connectivity index (χ4n) is 2.87. The van der Waals surface area contributed by atoms with E-state index in [0.717, 1.165) is 29.4 Å². The normalized spacial score (nSPS) is 22.1. The molecule has 5 nitrogen and oxygen atoms in total. The van der Waals surface area contributed by atoms with Gasteiger partial charge in [0.25, 0.3) is 0 Å². The topological polar surface area (TPSA) is 70.2 Å². The molecule has 2 rings (SSSR count). The molecule has 6 heteroatoms. The van der Waals surface area contributed by atoms with E-state index in [0.29, 0.717) is 0 Å². The average molecular weight is 368 g/mol. The first-order chi connectivity index (χ1) is 10.5. The number of hydrogen-bond donors (Lipinski definition) is 3. The lowest BCUT2D eigenvalue weighted by Crippen LogP contribution is -2.48. The summed E-state index contributed by atoms with van der Waals surface area (Å²) < 4.78 is 0.918. The first-order valence-corrected chi connectivity index (χ1v) is 8.34. The first-order valence-electron chi connectivity index (χ1n) is 7.55. The van der Waals surface area contributed by atoms with Crippen molar-refractivity contribution in [2.75, 3.05) is 12.4 Å². The highest BCUT2D eigenvalue weighted by molar-refractivity contribution is 9.10. The number of benzene rings is 1. The first kappa shape index (κ1) is 17.0. The Morgan fingerprint density at radius 3 is 2.77 bits per heavy atom. The maximum absolute atomic E-state index is 12.3. The number of rotatable bonds is 5. The second-order valence-electron chi connectivity index (χ2n) is 5.65. The van der Waals surface area contributed by atoms with E-state index in [-0.39, 0.29) is 29.8 Å². The average Bonchev–Trinajstić information content (AvgIpc) is 2.94. The summed E-state index contributed by atoms with van der Waals surface area (Å²) in [6, 6.07) is 7.18.